The Morgan fingerprint density at radius 2 is 2.25 bits per heavy atom. The summed E-state index contributed by atoms with van der Waals surface area (Å²) in [6.45, 7) is 4.97. The van der Waals surface area contributed by atoms with Crippen LogP contribution in [-0.2, 0) is 4.74 Å². The Bertz CT molecular complexity index is 493. The van der Waals surface area contributed by atoms with Gasteiger partial charge in [-0.05, 0) is 50.2 Å². The van der Waals surface area contributed by atoms with E-state index < -0.39 is 6.09 Å². The van der Waals surface area contributed by atoms with Crippen LogP contribution in [0.4, 0.5) is 10.5 Å². The van der Waals surface area contributed by atoms with Crippen LogP contribution < -0.4 is 5.32 Å². The first-order valence-electron chi connectivity index (χ1n) is 6.91. The molecule has 1 aliphatic rings. The van der Waals surface area contributed by atoms with Crippen LogP contribution in [0.1, 0.15) is 25.3 Å². The molecule has 1 fully saturated rings. The molecule has 1 amide bonds. The SMILES string of the molecule is CCN1CCCC(OC(=O)Nc2ccc(C#N)cc2)C1. The van der Waals surface area contributed by atoms with Gasteiger partial charge in [-0.25, -0.2) is 4.79 Å². The molecule has 1 aliphatic heterocycles. The average molecular weight is 273 g/mol. The van der Waals surface area contributed by atoms with Gasteiger partial charge in [0, 0.05) is 12.2 Å². The lowest BCUT2D eigenvalue weighted by Crippen LogP contribution is -2.40. The van der Waals surface area contributed by atoms with E-state index >= 15 is 0 Å². The van der Waals surface area contributed by atoms with Crippen LogP contribution in [0.3, 0.4) is 0 Å². The summed E-state index contributed by atoms with van der Waals surface area (Å²) in [4.78, 5) is 14.1. The topological polar surface area (TPSA) is 65.4 Å². The maximum absolute atomic E-state index is 11.8. The molecule has 1 N–H and O–H groups in total. The van der Waals surface area contributed by atoms with E-state index in [2.05, 4.69) is 17.1 Å². The van der Waals surface area contributed by atoms with Crippen LogP contribution in [0.25, 0.3) is 0 Å². The number of nitrogens with zero attached hydrogens (tertiary/aromatic N) is 2. The van der Waals surface area contributed by atoms with Crippen LogP contribution in [0.2, 0.25) is 0 Å². The van der Waals surface area contributed by atoms with Crippen LogP contribution in [0.15, 0.2) is 24.3 Å². The van der Waals surface area contributed by atoms with Crippen LogP contribution in [0.5, 0.6) is 0 Å². The number of carbonyl (C=O) groups is 1. The van der Waals surface area contributed by atoms with E-state index in [-0.39, 0.29) is 6.10 Å². The van der Waals surface area contributed by atoms with Crippen LogP contribution >= 0.6 is 0 Å². The number of hydrogen-bond donors (Lipinski definition) is 1. The Balaban J connectivity index is 1.84. The quantitative estimate of drug-likeness (QED) is 0.919. The maximum atomic E-state index is 11.8. The van der Waals surface area contributed by atoms with E-state index in [1.54, 1.807) is 24.3 Å². The van der Waals surface area contributed by atoms with Gasteiger partial charge >= 0.3 is 6.09 Å². The number of rotatable bonds is 3. The minimum atomic E-state index is -0.433. The Labute approximate surface area is 119 Å². The number of nitriles is 1. The summed E-state index contributed by atoms with van der Waals surface area (Å²) in [5.74, 6) is 0. The Morgan fingerprint density at radius 1 is 1.50 bits per heavy atom. The normalized spacial score (nSPS) is 19.1. The number of benzene rings is 1. The van der Waals surface area contributed by atoms with E-state index in [0.717, 1.165) is 32.5 Å². The molecule has 0 radical (unpaired) electrons. The third-order valence-corrected chi connectivity index (χ3v) is 3.44. The van der Waals surface area contributed by atoms with Crippen LogP contribution in [0, 0.1) is 11.3 Å². The number of hydrogen-bond acceptors (Lipinski definition) is 4. The molecule has 0 aromatic heterocycles. The number of piperidine rings is 1. The molecule has 0 spiro atoms. The van der Waals surface area contributed by atoms with Gasteiger partial charge in [-0.1, -0.05) is 6.92 Å². The van der Waals surface area contributed by atoms with Crippen molar-refractivity contribution in [2.45, 2.75) is 25.9 Å². The van der Waals surface area contributed by atoms with Crippen molar-refractivity contribution in [3.63, 3.8) is 0 Å². The molecule has 0 aliphatic carbocycles. The maximum Gasteiger partial charge on any atom is 0.411 e. The predicted molar refractivity (Wildman–Crippen MR) is 76.4 cm³/mol. The van der Waals surface area contributed by atoms with Gasteiger partial charge in [-0.3, -0.25) is 10.2 Å². The minimum absolute atomic E-state index is 0.0397. The molecule has 1 aromatic rings. The summed E-state index contributed by atoms with van der Waals surface area (Å²) in [5.41, 5.74) is 1.20. The van der Waals surface area contributed by atoms with Crippen molar-refractivity contribution in [1.29, 1.82) is 5.26 Å². The fourth-order valence-electron chi connectivity index (χ4n) is 2.32. The standard InChI is InChI=1S/C15H19N3O2/c1-2-18-9-3-4-14(11-18)20-15(19)17-13-7-5-12(10-16)6-8-13/h5-8,14H,2-4,9,11H2,1H3,(H,17,19). The molecule has 1 saturated heterocycles. The molecule has 106 valence electrons. The number of amides is 1. The first-order chi connectivity index (χ1) is 9.71. The lowest BCUT2D eigenvalue weighted by atomic mass is 10.1. The highest BCUT2D eigenvalue weighted by Gasteiger charge is 2.21. The van der Waals surface area contributed by atoms with E-state index in [4.69, 9.17) is 10.00 Å². The van der Waals surface area contributed by atoms with Gasteiger partial charge in [0.1, 0.15) is 6.10 Å². The first kappa shape index (κ1) is 14.4. The molecule has 1 aromatic carbocycles. The summed E-state index contributed by atoms with van der Waals surface area (Å²) in [6.07, 6.45) is 1.50. The number of likely N-dealkylation sites (tertiary alicyclic amines) is 1. The van der Waals surface area contributed by atoms with Gasteiger partial charge in [-0.15, -0.1) is 0 Å². The first-order valence-corrected chi connectivity index (χ1v) is 6.91. The molecule has 5 nitrogen and oxygen atoms in total. The molecule has 1 atom stereocenters. The van der Waals surface area contributed by atoms with Gasteiger partial charge in [0.2, 0.25) is 0 Å². The van der Waals surface area contributed by atoms with E-state index in [9.17, 15) is 4.79 Å². The molecule has 20 heavy (non-hydrogen) atoms. The summed E-state index contributed by atoms with van der Waals surface area (Å²) in [5, 5.41) is 11.4. The molecule has 2 rings (SSSR count). The summed E-state index contributed by atoms with van der Waals surface area (Å²) in [6, 6.07) is 8.75. The lowest BCUT2D eigenvalue weighted by Gasteiger charge is -2.31. The second-order valence-electron chi connectivity index (χ2n) is 4.88. The number of carbonyl (C=O) groups excluding carboxylic acids is 1. The summed E-state index contributed by atoms with van der Waals surface area (Å²) < 4.78 is 5.43. The fraction of sp³-hybridized carbons (Fsp3) is 0.467. The van der Waals surface area contributed by atoms with Crippen molar-refractivity contribution in [3.8, 4) is 6.07 Å². The highest BCUT2D eigenvalue weighted by molar-refractivity contribution is 5.84. The fourth-order valence-corrected chi connectivity index (χ4v) is 2.32. The van der Waals surface area contributed by atoms with Crippen molar-refractivity contribution in [2.24, 2.45) is 0 Å². The van der Waals surface area contributed by atoms with E-state index in [0.29, 0.717) is 11.3 Å². The summed E-state index contributed by atoms with van der Waals surface area (Å²) >= 11 is 0. The molecule has 1 heterocycles. The van der Waals surface area contributed by atoms with Crippen molar-refractivity contribution in [1.82, 2.24) is 4.90 Å². The Hall–Kier alpha value is -2.06. The van der Waals surface area contributed by atoms with E-state index in [1.807, 2.05) is 6.07 Å². The summed E-state index contributed by atoms with van der Waals surface area (Å²) in [7, 11) is 0. The molecular weight excluding hydrogens is 254 g/mol. The lowest BCUT2D eigenvalue weighted by molar-refractivity contribution is 0.0520. The highest BCUT2D eigenvalue weighted by atomic mass is 16.6. The average Bonchev–Trinajstić information content (AvgIpc) is 2.48. The molecular formula is C15H19N3O2. The Morgan fingerprint density at radius 3 is 2.90 bits per heavy atom. The molecule has 1 unspecified atom stereocenters. The van der Waals surface area contributed by atoms with Crippen molar-refractivity contribution in [3.05, 3.63) is 29.8 Å². The van der Waals surface area contributed by atoms with Gasteiger partial charge in [-0.2, -0.15) is 5.26 Å². The van der Waals surface area contributed by atoms with Crippen molar-refractivity contribution >= 4 is 11.8 Å². The van der Waals surface area contributed by atoms with Crippen LogP contribution in [-0.4, -0.2) is 36.7 Å². The van der Waals surface area contributed by atoms with Crippen molar-refractivity contribution in [2.75, 3.05) is 25.0 Å². The number of ether oxygens (including phenoxy) is 1. The number of anilines is 1. The smallest absolute Gasteiger partial charge is 0.411 e. The largest absolute Gasteiger partial charge is 0.445 e. The second-order valence-corrected chi connectivity index (χ2v) is 4.88. The Kier molecular flexibility index (Phi) is 4.97. The zero-order valence-electron chi connectivity index (χ0n) is 11.6. The molecule has 5 heteroatoms. The van der Waals surface area contributed by atoms with E-state index in [1.165, 1.54) is 0 Å². The highest BCUT2D eigenvalue weighted by Crippen LogP contribution is 2.14. The van der Waals surface area contributed by atoms with Gasteiger partial charge in [0.25, 0.3) is 0 Å². The number of nitrogens with one attached hydrogen (secondary N) is 1. The number of likely N-dealkylation sites (N-methyl/N-ethyl adjacent to an activating group) is 1. The second kappa shape index (κ2) is 6.92. The molecule has 0 saturated carbocycles. The van der Waals surface area contributed by atoms with Gasteiger partial charge < -0.3 is 4.74 Å². The van der Waals surface area contributed by atoms with Gasteiger partial charge in [0.05, 0.1) is 11.6 Å². The van der Waals surface area contributed by atoms with Gasteiger partial charge in [0.15, 0.2) is 0 Å². The third-order valence-electron chi connectivity index (χ3n) is 3.44. The van der Waals surface area contributed by atoms with Crippen molar-refractivity contribution < 1.29 is 9.53 Å². The zero-order valence-corrected chi connectivity index (χ0v) is 11.6. The minimum Gasteiger partial charge on any atom is -0.445 e. The molecule has 0 bridgehead atoms. The predicted octanol–water partition coefficient (Wildman–Crippen LogP) is 2.59. The monoisotopic (exact) mass is 273 g/mol. The third kappa shape index (κ3) is 3.97. The zero-order chi connectivity index (χ0) is 14.4.